The molecular formula is C54H32O2S2. The average Bonchev–Trinajstić information content (AvgIpc) is 4.10. The normalized spacial score (nSPS) is 11.8. The van der Waals surface area contributed by atoms with Crippen LogP contribution >= 0.6 is 22.7 Å². The minimum absolute atomic E-state index is 0.915. The van der Waals surface area contributed by atoms with Crippen molar-refractivity contribution < 1.29 is 8.83 Å². The molecule has 0 radical (unpaired) electrons. The van der Waals surface area contributed by atoms with Crippen LogP contribution in [-0.4, -0.2) is 0 Å². The highest BCUT2D eigenvalue weighted by molar-refractivity contribution is 7.22. The summed E-state index contributed by atoms with van der Waals surface area (Å²) in [7, 11) is 0. The number of para-hydroxylation sites is 2. The third kappa shape index (κ3) is 5.68. The van der Waals surface area contributed by atoms with Gasteiger partial charge in [-0.05, 0) is 115 Å². The number of furan rings is 2. The molecule has 0 amide bonds. The van der Waals surface area contributed by atoms with Gasteiger partial charge in [0, 0.05) is 41.1 Å². The molecule has 2 nitrogen and oxygen atoms in total. The van der Waals surface area contributed by atoms with Crippen molar-refractivity contribution in [2.75, 3.05) is 0 Å². The Bertz CT molecular complexity index is 3170. The molecule has 0 unspecified atom stereocenters. The molecule has 0 fully saturated rings. The van der Waals surface area contributed by atoms with E-state index >= 15 is 0 Å². The van der Waals surface area contributed by atoms with Gasteiger partial charge in [0.25, 0.3) is 0 Å². The third-order valence-corrected chi connectivity index (χ3v) is 13.8. The number of hydrogen-bond acceptors (Lipinski definition) is 4. The summed E-state index contributed by atoms with van der Waals surface area (Å²) in [5.41, 5.74) is 13.7. The van der Waals surface area contributed by atoms with E-state index in [-0.39, 0.29) is 0 Å². The van der Waals surface area contributed by atoms with E-state index in [1.165, 1.54) is 74.1 Å². The SMILES string of the molecule is c1ccc2c(-c3ccc(-c4ccc(-c5cc6cc7cc8sc(-c9ccc(-c%10ccc(-c%11coc%12ccccc%11%12)cc%10)cc9)cc8cc7cc6s5)cc4)cc3)coc2c1. The van der Waals surface area contributed by atoms with Gasteiger partial charge in [0.1, 0.15) is 11.2 Å². The Hall–Kier alpha value is -6.98. The zero-order valence-corrected chi connectivity index (χ0v) is 32.7. The fourth-order valence-electron chi connectivity index (χ4n) is 8.35. The number of hydrogen-bond donors (Lipinski definition) is 0. The van der Waals surface area contributed by atoms with Crippen LogP contribution in [0.3, 0.4) is 0 Å². The van der Waals surface area contributed by atoms with Crippen molar-refractivity contribution in [3.63, 3.8) is 0 Å². The molecule has 58 heavy (non-hydrogen) atoms. The highest BCUT2D eigenvalue weighted by Gasteiger charge is 2.13. The standard InChI is InChI=1S/C54H32O2S2/c1-3-7-49-45(5-1)47(31-55-49)37-17-9-33(10-18-37)35-13-21-39(22-14-35)51-29-43-25-41-28-54-44(26-42(41)27-53(43)57-51)30-52(58-54)40-23-15-36(16-24-40)34-11-19-38(20-12-34)48-32-56-50-8-4-2-6-46(48)50/h1-32H. The summed E-state index contributed by atoms with van der Waals surface area (Å²) in [6.07, 6.45) is 3.71. The summed E-state index contributed by atoms with van der Waals surface area (Å²) in [4.78, 5) is 2.57. The van der Waals surface area contributed by atoms with Crippen LogP contribution in [0.4, 0.5) is 0 Å². The Balaban J connectivity index is 0.774. The Morgan fingerprint density at radius 3 is 1.03 bits per heavy atom. The minimum atomic E-state index is 0.915. The van der Waals surface area contributed by atoms with Crippen LogP contribution in [0.1, 0.15) is 0 Å². The van der Waals surface area contributed by atoms with E-state index in [4.69, 9.17) is 8.83 Å². The van der Waals surface area contributed by atoms with Gasteiger partial charge in [-0.15, -0.1) is 22.7 Å². The first-order valence-corrected chi connectivity index (χ1v) is 21.1. The van der Waals surface area contributed by atoms with Crippen molar-refractivity contribution in [3.8, 4) is 65.4 Å². The molecule has 4 heterocycles. The average molecular weight is 777 g/mol. The van der Waals surface area contributed by atoms with Crippen molar-refractivity contribution in [1.82, 2.24) is 0 Å². The van der Waals surface area contributed by atoms with Gasteiger partial charge >= 0.3 is 0 Å². The predicted octanol–water partition coefficient (Wildman–Crippen LogP) is 16.8. The van der Waals surface area contributed by atoms with E-state index in [0.717, 1.165) is 44.2 Å². The lowest BCUT2D eigenvalue weighted by Gasteiger charge is -2.05. The number of thiophene rings is 2. The van der Waals surface area contributed by atoms with E-state index in [0.29, 0.717) is 0 Å². The lowest BCUT2D eigenvalue weighted by molar-refractivity contribution is 0.616. The molecule has 0 N–H and O–H groups in total. The number of fused-ring (bicyclic) bond motifs is 5. The van der Waals surface area contributed by atoms with E-state index in [1.807, 2.05) is 59.5 Å². The lowest BCUT2D eigenvalue weighted by atomic mass is 9.99. The molecule has 0 aliphatic carbocycles. The highest BCUT2D eigenvalue weighted by atomic mass is 32.1. The first kappa shape index (κ1) is 33.2. The van der Waals surface area contributed by atoms with Crippen LogP contribution in [0.15, 0.2) is 203 Å². The van der Waals surface area contributed by atoms with Gasteiger partial charge in [-0.2, -0.15) is 0 Å². The van der Waals surface area contributed by atoms with E-state index < -0.39 is 0 Å². The van der Waals surface area contributed by atoms with Crippen LogP contribution < -0.4 is 0 Å². The Kier molecular flexibility index (Phi) is 7.62. The van der Waals surface area contributed by atoms with Crippen molar-refractivity contribution in [2.24, 2.45) is 0 Å². The summed E-state index contributed by atoms with van der Waals surface area (Å²) < 4.78 is 14.2. The Labute approximate surface area is 342 Å². The van der Waals surface area contributed by atoms with Crippen molar-refractivity contribution >= 4 is 75.6 Å². The monoisotopic (exact) mass is 776 g/mol. The molecule has 0 bridgehead atoms. The minimum Gasteiger partial charge on any atom is -0.464 e. The Morgan fingerprint density at radius 2 is 0.638 bits per heavy atom. The van der Waals surface area contributed by atoms with Crippen LogP contribution in [0, 0.1) is 0 Å². The molecule has 272 valence electrons. The molecule has 0 saturated heterocycles. The third-order valence-electron chi connectivity index (χ3n) is 11.5. The first-order valence-electron chi connectivity index (χ1n) is 19.4. The van der Waals surface area contributed by atoms with Crippen molar-refractivity contribution in [1.29, 1.82) is 0 Å². The molecule has 0 aliphatic heterocycles. The lowest BCUT2D eigenvalue weighted by Crippen LogP contribution is -1.80. The second-order valence-corrected chi connectivity index (χ2v) is 17.1. The van der Waals surface area contributed by atoms with Gasteiger partial charge in [-0.3, -0.25) is 0 Å². The smallest absolute Gasteiger partial charge is 0.134 e. The summed E-state index contributed by atoms with van der Waals surface area (Å²) in [6.45, 7) is 0. The zero-order valence-electron chi connectivity index (χ0n) is 31.1. The van der Waals surface area contributed by atoms with Gasteiger partial charge in [0.05, 0.1) is 12.5 Å². The topological polar surface area (TPSA) is 26.3 Å². The van der Waals surface area contributed by atoms with Crippen LogP contribution in [0.2, 0.25) is 0 Å². The van der Waals surface area contributed by atoms with Gasteiger partial charge in [0.15, 0.2) is 0 Å². The fourth-order valence-corrected chi connectivity index (χ4v) is 10.5. The van der Waals surface area contributed by atoms with E-state index in [2.05, 4.69) is 158 Å². The highest BCUT2D eigenvalue weighted by Crippen LogP contribution is 2.41. The summed E-state index contributed by atoms with van der Waals surface area (Å²) in [5, 5.41) is 7.42. The fraction of sp³-hybridized carbons (Fsp3) is 0. The molecule has 12 aromatic rings. The van der Waals surface area contributed by atoms with Gasteiger partial charge in [-0.1, -0.05) is 133 Å². The van der Waals surface area contributed by atoms with Gasteiger partial charge in [0.2, 0.25) is 0 Å². The molecule has 0 atom stereocenters. The van der Waals surface area contributed by atoms with Gasteiger partial charge in [-0.25, -0.2) is 0 Å². The van der Waals surface area contributed by atoms with Crippen LogP contribution in [0.25, 0.3) is 118 Å². The predicted molar refractivity (Wildman–Crippen MR) is 247 cm³/mol. The Morgan fingerprint density at radius 1 is 0.293 bits per heavy atom. The number of benzene rings is 8. The van der Waals surface area contributed by atoms with Gasteiger partial charge < -0.3 is 8.83 Å². The van der Waals surface area contributed by atoms with Crippen molar-refractivity contribution in [2.45, 2.75) is 0 Å². The molecule has 0 spiro atoms. The molecular weight excluding hydrogens is 745 g/mol. The first-order chi connectivity index (χ1) is 28.7. The second-order valence-electron chi connectivity index (χ2n) is 14.9. The zero-order chi connectivity index (χ0) is 38.2. The van der Waals surface area contributed by atoms with E-state index in [9.17, 15) is 0 Å². The molecule has 8 aromatic carbocycles. The van der Waals surface area contributed by atoms with E-state index in [1.54, 1.807) is 0 Å². The second kappa shape index (κ2) is 13.3. The number of rotatable bonds is 6. The maximum atomic E-state index is 5.78. The summed E-state index contributed by atoms with van der Waals surface area (Å²) >= 11 is 3.73. The largest absolute Gasteiger partial charge is 0.464 e. The molecule has 12 rings (SSSR count). The molecule has 4 heteroatoms. The quantitative estimate of drug-likeness (QED) is 0.168. The maximum absolute atomic E-state index is 5.78. The molecule has 4 aromatic heterocycles. The van der Waals surface area contributed by atoms with Crippen LogP contribution in [-0.2, 0) is 0 Å². The summed E-state index contributed by atoms with van der Waals surface area (Å²) in [5.74, 6) is 0. The van der Waals surface area contributed by atoms with Crippen molar-refractivity contribution in [3.05, 3.63) is 195 Å². The van der Waals surface area contributed by atoms with Crippen LogP contribution in [0.5, 0.6) is 0 Å². The summed E-state index contributed by atoms with van der Waals surface area (Å²) in [6, 6.07) is 66.0. The molecule has 0 aliphatic rings. The maximum Gasteiger partial charge on any atom is 0.134 e. The molecule has 0 saturated carbocycles.